The number of aromatic amines is 1. The summed E-state index contributed by atoms with van der Waals surface area (Å²) in [6, 6.07) is 8.34. The number of amides is 2. The van der Waals surface area contributed by atoms with Crippen LogP contribution in [-0.4, -0.2) is 47.9 Å². The van der Waals surface area contributed by atoms with Crippen LogP contribution in [0.3, 0.4) is 0 Å². The van der Waals surface area contributed by atoms with Crippen molar-refractivity contribution in [1.82, 2.24) is 9.88 Å². The third-order valence-corrected chi connectivity index (χ3v) is 4.86. The van der Waals surface area contributed by atoms with Gasteiger partial charge in [-0.1, -0.05) is 6.07 Å². The molecule has 7 nitrogen and oxygen atoms in total. The number of piperazine rings is 1. The first kappa shape index (κ1) is 18.7. The second kappa shape index (κ2) is 7.26. The number of aromatic nitrogens is 1. The van der Waals surface area contributed by atoms with E-state index in [2.05, 4.69) is 4.98 Å². The van der Waals surface area contributed by atoms with Crippen molar-refractivity contribution in [3.05, 3.63) is 57.5 Å². The van der Waals surface area contributed by atoms with Gasteiger partial charge in [-0.3, -0.25) is 14.4 Å². The van der Waals surface area contributed by atoms with E-state index in [9.17, 15) is 14.4 Å². The SMILES string of the molecule is COc1cccc(N2CCN(C(=O)c3c(C)cc(C)[nH]c3=O)C(C)C2=O)c1. The largest absolute Gasteiger partial charge is 0.497 e. The first-order chi connectivity index (χ1) is 12.8. The second-order valence-electron chi connectivity index (χ2n) is 6.71. The summed E-state index contributed by atoms with van der Waals surface area (Å²) in [4.78, 5) is 43.9. The number of carbonyl (C=O) groups excluding carboxylic acids is 2. The lowest BCUT2D eigenvalue weighted by Crippen LogP contribution is -2.58. The van der Waals surface area contributed by atoms with Crippen LogP contribution in [0, 0.1) is 13.8 Å². The first-order valence-electron chi connectivity index (χ1n) is 8.80. The van der Waals surface area contributed by atoms with Gasteiger partial charge in [-0.25, -0.2) is 0 Å². The van der Waals surface area contributed by atoms with Crippen LogP contribution in [0.5, 0.6) is 5.75 Å². The van der Waals surface area contributed by atoms with Crippen LogP contribution >= 0.6 is 0 Å². The molecule has 2 heterocycles. The van der Waals surface area contributed by atoms with Gasteiger partial charge in [0.1, 0.15) is 17.4 Å². The van der Waals surface area contributed by atoms with Crippen LogP contribution in [0.15, 0.2) is 35.1 Å². The summed E-state index contributed by atoms with van der Waals surface area (Å²) in [5, 5.41) is 0. The van der Waals surface area contributed by atoms with Gasteiger partial charge in [0, 0.05) is 30.5 Å². The molecular weight excluding hydrogens is 346 g/mol. The van der Waals surface area contributed by atoms with Crippen molar-refractivity contribution in [3.63, 3.8) is 0 Å². The predicted octanol–water partition coefficient (Wildman–Crippen LogP) is 1.88. The maximum atomic E-state index is 13.0. The van der Waals surface area contributed by atoms with Gasteiger partial charge in [-0.05, 0) is 44.5 Å². The molecule has 1 aliphatic heterocycles. The zero-order valence-electron chi connectivity index (χ0n) is 15.9. The molecule has 0 saturated carbocycles. The third kappa shape index (κ3) is 3.45. The number of rotatable bonds is 3. The third-order valence-electron chi connectivity index (χ3n) is 4.86. The molecular formula is C20H23N3O4. The van der Waals surface area contributed by atoms with Gasteiger partial charge in [-0.2, -0.15) is 0 Å². The van der Waals surface area contributed by atoms with Crippen LogP contribution in [0.25, 0.3) is 0 Å². The van der Waals surface area contributed by atoms with Crippen molar-refractivity contribution < 1.29 is 14.3 Å². The molecule has 1 fully saturated rings. The summed E-state index contributed by atoms with van der Waals surface area (Å²) >= 11 is 0. The van der Waals surface area contributed by atoms with Crippen molar-refractivity contribution in [2.45, 2.75) is 26.8 Å². The van der Waals surface area contributed by atoms with Gasteiger partial charge in [0.25, 0.3) is 11.5 Å². The van der Waals surface area contributed by atoms with Crippen molar-refractivity contribution in [3.8, 4) is 5.75 Å². The van der Waals surface area contributed by atoms with Crippen LogP contribution in [0.4, 0.5) is 5.69 Å². The van der Waals surface area contributed by atoms with E-state index in [4.69, 9.17) is 4.74 Å². The molecule has 142 valence electrons. The normalized spacial score (nSPS) is 17.2. The van der Waals surface area contributed by atoms with Crippen molar-refractivity contribution in [2.75, 3.05) is 25.1 Å². The Labute approximate surface area is 157 Å². The second-order valence-corrected chi connectivity index (χ2v) is 6.71. The Bertz CT molecular complexity index is 950. The zero-order chi connectivity index (χ0) is 19.7. The fraction of sp³-hybridized carbons (Fsp3) is 0.350. The summed E-state index contributed by atoms with van der Waals surface area (Å²) < 4.78 is 5.22. The van der Waals surface area contributed by atoms with Gasteiger partial charge in [0.15, 0.2) is 0 Å². The molecule has 1 saturated heterocycles. The Morgan fingerprint density at radius 2 is 1.93 bits per heavy atom. The molecule has 2 amide bonds. The summed E-state index contributed by atoms with van der Waals surface area (Å²) in [6.45, 7) is 5.88. The number of ether oxygens (including phenoxy) is 1. The molecule has 1 N–H and O–H groups in total. The zero-order valence-corrected chi connectivity index (χ0v) is 15.9. The van der Waals surface area contributed by atoms with E-state index >= 15 is 0 Å². The van der Waals surface area contributed by atoms with Crippen LogP contribution in [0.1, 0.15) is 28.5 Å². The Balaban J connectivity index is 1.86. The van der Waals surface area contributed by atoms with Crippen molar-refractivity contribution in [2.24, 2.45) is 0 Å². The number of nitrogens with zero attached hydrogens (tertiary/aromatic N) is 2. The summed E-state index contributed by atoms with van der Waals surface area (Å²) in [5.41, 5.74) is 1.70. The number of benzene rings is 1. The average molecular weight is 369 g/mol. The lowest BCUT2D eigenvalue weighted by molar-refractivity contribution is -0.124. The average Bonchev–Trinajstić information content (AvgIpc) is 2.63. The quantitative estimate of drug-likeness (QED) is 0.895. The Morgan fingerprint density at radius 3 is 2.59 bits per heavy atom. The Kier molecular flexibility index (Phi) is 5.03. The molecule has 0 bridgehead atoms. The monoisotopic (exact) mass is 369 g/mol. The lowest BCUT2D eigenvalue weighted by Gasteiger charge is -2.39. The lowest BCUT2D eigenvalue weighted by atomic mass is 10.1. The maximum absolute atomic E-state index is 13.0. The number of H-pyrrole nitrogens is 1. The smallest absolute Gasteiger partial charge is 0.261 e. The van der Waals surface area contributed by atoms with E-state index < -0.39 is 17.5 Å². The highest BCUT2D eigenvalue weighted by Gasteiger charge is 2.36. The van der Waals surface area contributed by atoms with Crippen molar-refractivity contribution >= 4 is 17.5 Å². The number of hydrogen-bond acceptors (Lipinski definition) is 4. The molecule has 1 aromatic carbocycles. The minimum Gasteiger partial charge on any atom is -0.497 e. The Hall–Kier alpha value is -3.09. The molecule has 0 aliphatic carbocycles. The fourth-order valence-electron chi connectivity index (χ4n) is 3.45. The number of nitrogens with one attached hydrogen (secondary N) is 1. The van der Waals surface area contributed by atoms with Gasteiger partial charge in [-0.15, -0.1) is 0 Å². The first-order valence-corrected chi connectivity index (χ1v) is 8.80. The summed E-state index contributed by atoms with van der Waals surface area (Å²) in [5.74, 6) is 0.0530. The molecule has 1 aliphatic rings. The molecule has 2 aromatic rings. The number of hydrogen-bond donors (Lipinski definition) is 1. The molecule has 0 spiro atoms. The van der Waals surface area contributed by atoms with E-state index in [1.807, 2.05) is 18.2 Å². The van der Waals surface area contributed by atoms with Crippen LogP contribution < -0.4 is 15.2 Å². The number of anilines is 1. The molecule has 0 radical (unpaired) electrons. The highest BCUT2D eigenvalue weighted by molar-refractivity contribution is 6.03. The summed E-state index contributed by atoms with van der Waals surface area (Å²) in [6.07, 6.45) is 0. The number of carbonyl (C=O) groups is 2. The topological polar surface area (TPSA) is 82.7 Å². The van der Waals surface area contributed by atoms with Gasteiger partial charge in [0.2, 0.25) is 5.91 Å². The van der Waals surface area contributed by atoms with Crippen LogP contribution in [0.2, 0.25) is 0 Å². The van der Waals surface area contributed by atoms with E-state index in [1.54, 1.807) is 44.9 Å². The summed E-state index contributed by atoms with van der Waals surface area (Å²) in [7, 11) is 1.57. The molecule has 3 rings (SSSR count). The van der Waals surface area contributed by atoms with Crippen molar-refractivity contribution in [1.29, 1.82) is 0 Å². The molecule has 7 heteroatoms. The van der Waals surface area contributed by atoms with E-state index in [-0.39, 0.29) is 11.5 Å². The van der Waals surface area contributed by atoms with Gasteiger partial charge < -0.3 is 19.5 Å². The Morgan fingerprint density at radius 1 is 1.19 bits per heavy atom. The number of methoxy groups -OCH3 is 1. The predicted molar refractivity (Wildman–Crippen MR) is 102 cm³/mol. The fourth-order valence-corrected chi connectivity index (χ4v) is 3.45. The highest BCUT2D eigenvalue weighted by atomic mass is 16.5. The van der Waals surface area contributed by atoms with Gasteiger partial charge in [0.05, 0.1) is 7.11 Å². The van der Waals surface area contributed by atoms with Gasteiger partial charge >= 0.3 is 0 Å². The van der Waals surface area contributed by atoms with E-state index in [0.717, 1.165) is 5.69 Å². The number of aryl methyl sites for hydroxylation is 2. The van der Waals surface area contributed by atoms with E-state index in [1.165, 1.54) is 4.90 Å². The molecule has 1 unspecified atom stereocenters. The highest BCUT2D eigenvalue weighted by Crippen LogP contribution is 2.25. The minimum atomic E-state index is -0.669. The number of pyridine rings is 1. The molecule has 27 heavy (non-hydrogen) atoms. The molecule has 1 atom stereocenters. The maximum Gasteiger partial charge on any atom is 0.261 e. The minimum absolute atomic E-state index is 0.0927. The van der Waals surface area contributed by atoms with Crippen LogP contribution in [-0.2, 0) is 4.79 Å². The standard InChI is InChI=1S/C20H23N3O4/c1-12-10-13(2)21-18(24)17(12)20(26)22-8-9-23(19(25)14(22)3)15-6-5-7-16(11-15)27-4/h5-7,10-11,14H,8-9H2,1-4H3,(H,21,24). The molecule has 1 aromatic heterocycles. The van der Waals surface area contributed by atoms with E-state index in [0.29, 0.717) is 30.1 Å².